The molecule has 1 aliphatic rings. The molecule has 1 saturated heterocycles. The Balaban J connectivity index is 1.58. The minimum atomic E-state index is -0.221. The van der Waals surface area contributed by atoms with Gasteiger partial charge in [-0.05, 0) is 49.6 Å². The van der Waals surface area contributed by atoms with E-state index in [2.05, 4.69) is 28.2 Å². The van der Waals surface area contributed by atoms with E-state index in [1.807, 2.05) is 12.1 Å². The molecule has 1 atom stereocenters. The third-order valence-electron chi connectivity index (χ3n) is 6.18. The third kappa shape index (κ3) is 6.63. The van der Waals surface area contributed by atoms with Crippen LogP contribution in [0.15, 0.2) is 56.9 Å². The fraction of sp³-hybridized carbons (Fsp3) is 0.407. The van der Waals surface area contributed by atoms with Crippen LogP contribution in [0, 0.1) is 0 Å². The molecule has 7 nitrogen and oxygen atoms in total. The summed E-state index contributed by atoms with van der Waals surface area (Å²) in [5.74, 6) is -0.0975. The molecule has 0 spiro atoms. The van der Waals surface area contributed by atoms with Crippen molar-refractivity contribution < 1.29 is 14.3 Å². The number of rotatable bonds is 11. The Kier molecular flexibility index (Phi) is 9.34. The predicted octanol–water partition coefficient (Wildman–Crippen LogP) is 5.23. The van der Waals surface area contributed by atoms with Crippen molar-refractivity contribution >= 4 is 50.3 Å². The molecule has 4 rings (SSSR count). The van der Waals surface area contributed by atoms with Crippen LogP contribution in [0.1, 0.15) is 59.7 Å². The summed E-state index contributed by atoms with van der Waals surface area (Å²) in [6.07, 6.45) is 4.88. The highest BCUT2D eigenvalue weighted by molar-refractivity contribution is 9.10. The number of aromatic nitrogens is 2. The summed E-state index contributed by atoms with van der Waals surface area (Å²) in [5.41, 5.74) is 1.35. The van der Waals surface area contributed by atoms with Crippen LogP contribution in [-0.2, 0) is 11.3 Å². The lowest BCUT2D eigenvalue weighted by Crippen LogP contribution is -2.31. The summed E-state index contributed by atoms with van der Waals surface area (Å²) in [6, 6.07) is 12.2. The first-order valence-electron chi connectivity index (χ1n) is 12.3. The van der Waals surface area contributed by atoms with Crippen LogP contribution in [0.5, 0.6) is 0 Å². The maximum atomic E-state index is 13.4. The van der Waals surface area contributed by atoms with E-state index in [0.29, 0.717) is 40.3 Å². The number of nitrogens with zero attached hydrogens (tertiary/aromatic N) is 2. The van der Waals surface area contributed by atoms with Gasteiger partial charge in [-0.15, -0.1) is 0 Å². The summed E-state index contributed by atoms with van der Waals surface area (Å²) in [7, 11) is 0. The number of carbonyl (C=O) groups excluding carboxylic acids is 2. The van der Waals surface area contributed by atoms with Crippen LogP contribution in [-0.4, -0.2) is 46.2 Å². The van der Waals surface area contributed by atoms with Gasteiger partial charge in [0.25, 0.3) is 11.5 Å². The molecule has 3 aromatic rings. The SMILES string of the molecule is CCCCCn1c(SCC(=O)c2ccc(Br)cc2)nc2cc(C(=O)NC[C@@H]3CCCO3)ccc2c1=O. The Bertz CT molecular complexity index is 1290. The lowest BCUT2D eigenvalue weighted by Gasteiger charge is -2.14. The smallest absolute Gasteiger partial charge is 0.262 e. The first kappa shape index (κ1) is 26.6. The molecule has 190 valence electrons. The van der Waals surface area contributed by atoms with Crippen molar-refractivity contribution in [2.75, 3.05) is 18.9 Å². The highest BCUT2D eigenvalue weighted by Crippen LogP contribution is 2.22. The maximum absolute atomic E-state index is 13.4. The van der Waals surface area contributed by atoms with Gasteiger partial charge in [0.2, 0.25) is 0 Å². The van der Waals surface area contributed by atoms with Crippen LogP contribution >= 0.6 is 27.7 Å². The summed E-state index contributed by atoms with van der Waals surface area (Å²) in [4.78, 5) is 43.6. The standard InChI is InChI=1S/C27H30BrN3O4S/c1-2-3-4-13-31-26(34)22-12-9-19(25(33)29-16-21-6-5-14-35-21)15-23(22)30-27(31)36-17-24(32)18-7-10-20(28)11-8-18/h7-12,15,21H,2-6,13-14,16-17H2,1H3,(H,29,33)/t21-/m0/s1. The molecule has 36 heavy (non-hydrogen) atoms. The molecule has 1 fully saturated rings. The minimum Gasteiger partial charge on any atom is -0.376 e. The largest absolute Gasteiger partial charge is 0.376 e. The topological polar surface area (TPSA) is 90.3 Å². The summed E-state index contributed by atoms with van der Waals surface area (Å²) in [6.45, 7) is 3.84. The van der Waals surface area contributed by atoms with Gasteiger partial charge in [-0.3, -0.25) is 19.0 Å². The molecule has 0 bridgehead atoms. The van der Waals surface area contributed by atoms with E-state index in [0.717, 1.165) is 43.2 Å². The molecule has 1 N–H and O–H groups in total. The Morgan fingerprint density at radius 3 is 2.67 bits per heavy atom. The second kappa shape index (κ2) is 12.7. The highest BCUT2D eigenvalue weighted by Gasteiger charge is 2.18. The fourth-order valence-electron chi connectivity index (χ4n) is 4.13. The lowest BCUT2D eigenvalue weighted by atomic mass is 10.1. The molecule has 1 aliphatic heterocycles. The first-order valence-corrected chi connectivity index (χ1v) is 14.1. The highest BCUT2D eigenvalue weighted by atomic mass is 79.9. The number of fused-ring (bicyclic) bond motifs is 1. The Labute approximate surface area is 223 Å². The average molecular weight is 573 g/mol. The van der Waals surface area contributed by atoms with Gasteiger partial charge < -0.3 is 10.1 Å². The maximum Gasteiger partial charge on any atom is 0.262 e. The second-order valence-corrected chi connectivity index (χ2v) is 10.7. The number of unbranched alkanes of at least 4 members (excludes halogenated alkanes) is 2. The zero-order valence-corrected chi connectivity index (χ0v) is 22.7. The van der Waals surface area contributed by atoms with Gasteiger partial charge in [-0.1, -0.05) is 59.6 Å². The average Bonchev–Trinajstić information content (AvgIpc) is 3.41. The Morgan fingerprint density at radius 2 is 1.94 bits per heavy atom. The van der Waals surface area contributed by atoms with Gasteiger partial charge in [0.1, 0.15) is 0 Å². The summed E-state index contributed by atoms with van der Waals surface area (Å²) < 4.78 is 8.14. The summed E-state index contributed by atoms with van der Waals surface area (Å²) in [5, 5.41) is 3.87. The Hall–Kier alpha value is -2.49. The fourth-order valence-corrected chi connectivity index (χ4v) is 5.32. The number of thioether (sulfide) groups is 1. The van der Waals surface area contributed by atoms with Crippen LogP contribution in [0.2, 0.25) is 0 Å². The number of amides is 1. The molecular weight excluding hydrogens is 542 g/mol. The van der Waals surface area contributed by atoms with Crippen molar-refractivity contribution in [1.29, 1.82) is 0 Å². The van der Waals surface area contributed by atoms with Crippen molar-refractivity contribution in [2.24, 2.45) is 0 Å². The van der Waals surface area contributed by atoms with Gasteiger partial charge in [0.05, 0.1) is 22.8 Å². The molecule has 0 saturated carbocycles. The van der Waals surface area contributed by atoms with E-state index in [1.165, 1.54) is 11.8 Å². The van der Waals surface area contributed by atoms with Crippen LogP contribution in [0.4, 0.5) is 0 Å². The first-order chi connectivity index (χ1) is 17.5. The number of hydrogen-bond donors (Lipinski definition) is 1. The van der Waals surface area contributed by atoms with E-state index < -0.39 is 0 Å². The van der Waals surface area contributed by atoms with E-state index in [-0.39, 0.29) is 29.1 Å². The van der Waals surface area contributed by atoms with Gasteiger partial charge in [0.15, 0.2) is 10.9 Å². The number of carbonyl (C=O) groups is 2. The molecule has 0 aliphatic carbocycles. The van der Waals surface area contributed by atoms with Crippen molar-refractivity contribution in [3.05, 3.63) is 68.4 Å². The van der Waals surface area contributed by atoms with Gasteiger partial charge in [0, 0.05) is 35.3 Å². The van der Waals surface area contributed by atoms with Crippen molar-refractivity contribution in [1.82, 2.24) is 14.9 Å². The quantitative estimate of drug-likeness (QED) is 0.147. The van der Waals surface area contributed by atoms with Crippen molar-refractivity contribution in [2.45, 2.75) is 56.8 Å². The number of ether oxygens (including phenoxy) is 1. The van der Waals surface area contributed by atoms with E-state index in [4.69, 9.17) is 9.72 Å². The van der Waals surface area contributed by atoms with E-state index in [1.54, 1.807) is 34.9 Å². The minimum absolute atomic E-state index is 0.0378. The molecule has 0 radical (unpaired) electrons. The number of benzene rings is 2. The zero-order chi connectivity index (χ0) is 25.5. The molecule has 9 heteroatoms. The lowest BCUT2D eigenvalue weighted by molar-refractivity contribution is 0.0857. The zero-order valence-electron chi connectivity index (χ0n) is 20.3. The second-order valence-electron chi connectivity index (χ2n) is 8.85. The number of nitrogens with one attached hydrogen (secondary N) is 1. The molecule has 0 unspecified atom stereocenters. The number of hydrogen-bond acceptors (Lipinski definition) is 6. The van der Waals surface area contributed by atoms with Crippen LogP contribution < -0.4 is 10.9 Å². The number of ketones is 1. The van der Waals surface area contributed by atoms with E-state index >= 15 is 0 Å². The van der Waals surface area contributed by atoms with Crippen molar-refractivity contribution in [3.8, 4) is 0 Å². The Morgan fingerprint density at radius 1 is 1.17 bits per heavy atom. The third-order valence-corrected chi connectivity index (χ3v) is 7.69. The number of halogens is 1. The molecule has 1 aromatic heterocycles. The molecule has 1 amide bonds. The predicted molar refractivity (Wildman–Crippen MR) is 146 cm³/mol. The van der Waals surface area contributed by atoms with Crippen LogP contribution in [0.25, 0.3) is 10.9 Å². The van der Waals surface area contributed by atoms with Crippen molar-refractivity contribution in [3.63, 3.8) is 0 Å². The molecule has 2 heterocycles. The molecular formula is C27H30BrN3O4S. The number of Topliss-reactive ketones (excluding diaryl/α,β-unsaturated/α-hetero) is 1. The van der Waals surface area contributed by atoms with Crippen LogP contribution in [0.3, 0.4) is 0 Å². The van der Waals surface area contributed by atoms with Gasteiger partial charge in [-0.2, -0.15) is 0 Å². The van der Waals surface area contributed by atoms with E-state index in [9.17, 15) is 14.4 Å². The van der Waals surface area contributed by atoms with Gasteiger partial charge in [-0.25, -0.2) is 4.98 Å². The monoisotopic (exact) mass is 571 g/mol. The van der Waals surface area contributed by atoms with Gasteiger partial charge >= 0.3 is 0 Å². The molecule has 2 aromatic carbocycles. The summed E-state index contributed by atoms with van der Waals surface area (Å²) >= 11 is 4.64. The normalized spacial score (nSPS) is 15.3.